The van der Waals surface area contributed by atoms with Gasteiger partial charge in [-0.05, 0) is 31.5 Å². The molecule has 0 heterocycles. The van der Waals surface area contributed by atoms with Gasteiger partial charge in [0.05, 0.1) is 18.7 Å². The summed E-state index contributed by atoms with van der Waals surface area (Å²) in [6, 6.07) is 7.62. The summed E-state index contributed by atoms with van der Waals surface area (Å²) in [6.07, 6.45) is 1.36. The number of hydrogen-bond acceptors (Lipinski definition) is 4. The summed E-state index contributed by atoms with van der Waals surface area (Å²) in [5, 5.41) is 15.0. The molecule has 0 aliphatic heterocycles. The normalized spacial score (nSPS) is 11.5. The average molecular weight is 289 g/mol. The van der Waals surface area contributed by atoms with Crippen molar-refractivity contribution >= 4 is 5.91 Å². The zero-order valence-corrected chi connectivity index (χ0v) is 12.9. The van der Waals surface area contributed by atoms with Gasteiger partial charge in [0.2, 0.25) is 5.91 Å². The molecule has 0 aliphatic carbocycles. The molecule has 0 saturated carbocycles. The largest absolute Gasteiger partial charge is 0.496 e. The Hall–Kier alpha value is -2.06. The van der Waals surface area contributed by atoms with Crippen LogP contribution in [0.2, 0.25) is 0 Å². The summed E-state index contributed by atoms with van der Waals surface area (Å²) in [6.45, 7) is 5.18. The third-order valence-corrected chi connectivity index (χ3v) is 3.27. The van der Waals surface area contributed by atoms with Crippen LogP contribution in [0.1, 0.15) is 37.8 Å². The van der Waals surface area contributed by atoms with Crippen molar-refractivity contribution in [3.8, 4) is 11.8 Å². The van der Waals surface area contributed by atoms with E-state index in [4.69, 9.17) is 10.00 Å². The number of carbonyl (C=O) groups excluding carboxylic acids is 1. The van der Waals surface area contributed by atoms with Gasteiger partial charge in [-0.15, -0.1) is 0 Å². The Bertz CT molecular complexity index is 509. The molecule has 0 aliphatic rings. The van der Waals surface area contributed by atoms with Gasteiger partial charge in [-0.25, -0.2) is 0 Å². The van der Waals surface area contributed by atoms with Crippen molar-refractivity contribution < 1.29 is 9.53 Å². The van der Waals surface area contributed by atoms with Crippen LogP contribution in [-0.2, 0) is 11.3 Å². The van der Waals surface area contributed by atoms with Crippen molar-refractivity contribution in [2.45, 2.75) is 39.3 Å². The molecule has 0 spiro atoms. The highest BCUT2D eigenvalue weighted by Crippen LogP contribution is 2.19. The van der Waals surface area contributed by atoms with Crippen LogP contribution in [0.25, 0.3) is 0 Å². The van der Waals surface area contributed by atoms with Crippen LogP contribution in [0.3, 0.4) is 0 Å². The molecule has 0 bridgehead atoms. The highest BCUT2D eigenvalue weighted by atomic mass is 16.5. The molecule has 1 aromatic carbocycles. The van der Waals surface area contributed by atoms with E-state index in [0.29, 0.717) is 25.1 Å². The summed E-state index contributed by atoms with van der Waals surface area (Å²) in [5.41, 5.74) is 1.51. The van der Waals surface area contributed by atoms with Gasteiger partial charge in [0.1, 0.15) is 5.75 Å². The van der Waals surface area contributed by atoms with E-state index >= 15 is 0 Å². The quantitative estimate of drug-likeness (QED) is 0.717. The number of rotatable bonds is 8. The van der Waals surface area contributed by atoms with Crippen LogP contribution in [0.4, 0.5) is 0 Å². The molecule has 1 unspecified atom stereocenters. The number of nitrogens with zero attached hydrogens (tertiary/aromatic N) is 1. The molecule has 1 rings (SSSR count). The highest BCUT2D eigenvalue weighted by molar-refractivity contribution is 5.76. The van der Waals surface area contributed by atoms with Crippen LogP contribution in [0.15, 0.2) is 18.2 Å². The van der Waals surface area contributed by atoms with Crippen LogP contribution in [0, 0.1) is 11.3 Å². The van der Waals surface area contributed by atoms with Gasteiger partial charge in [-0.1, -0.05) is 6.92 Å². The fraction of sp³-hybridized carbons (Fsp3) is 0.500. The van der Waals surface area contributed by atoms with Crippen molar-refractivity contribution in [1.82, 2.24) is 10.6 Å². The van der Waals surface area contributed by atoms with Gasteiger partial charge in [0.15, 0.2) is 0 Å². The van der Waals surface area contributed by atoms with Crippen LogP contribution in [-0.4, -0.2) is 25.6 Å². The van der Waals surface area contributed by atoms with E-state index in [-0.39, 0.29) is 11.9 Å². The van der Waals surface area contributed by atoms with Crippen LogP contribution < -0.4 is 15.4 Å². The molecule has 114 valence electrons. The number of carbonyl (C=O) groups is 1. The van der Waals surface area contributed by atoms with Gasteiger partial charge < -0.3 is 15.4 Å². The third-order valence-electron chi connectivity index (χ3n) is 3.27. The number of amides is 1. The maximum absolute atomic E-state index is 11.6. The fourth-order valence-corrected chi connectivity index (χ4v) is 1.86. The van der Waals surface area contributed by atoms with Crippen molar-refractivity contribution in [3.63, 3.8) is 0 Å². The number of nitriles is 1. The number of nitrogens with one attached hydrogen (secondary N) is 2. The number of benzene rings is 1. The minimum absolute atomic E-state index is 0.0505. The first kappa shape index (κ1) is 17.0. The molecule has 0 radical (unpaired) electrons. The fourth-order valence-electron chi connectivity index (χ4n) is 1.86. The van der Waals surface area contributed by atoms with Crippen molar-refractivity contribution in [3.05, 3.63) is 29.3 Å². The van der Waals surface area contributed by atoms with Crippen LogP contribution >= 0.6 is 0 Å². The first-order valence-corrected chi connectivity index (χ1v) is 7.17. The highest BCUT2D eigenvalue weighted by Gasteiger charge is 2.06. The molecule has 5 nitrogen and oxygen atoms in total. The molecule has 21 heavy (non-hydrogen) atoms. The lowest BCUT2D eigenvalue weighted by atomic mass is 10.1. The Morgan fingerprint density at radius 1 is 1.48 bits per heavy atom. The summed E-state index contributed by atoms with van der Waals surface area (Å²) < 4.78 is 5.26. The molecular weight excluding hydrogens is 266 g/mol. The number of methoxy groups -OCH3 is 1. The van der Waals surface area contributed by atoms with Gasteiger partial charge >= 0.3 is 0 Å². The minimum Gasteiger partial charge on any atom is -0.496 e. The van der Waals surface area contributed by atoms with E-state index in [9.17, 15) is 4.79 Å². The maximum Gasteiger partial charge on any atom is 0.221 e. The number of hydrogen-bond donors (Lipinski definition) is 2. The van der Waals surface area contributed by atoms with E-state index in [2.05, 4.69) is 16.7 Å². The summed E-state index contributed by atoms with van der Waals surface area (Å²) in [7, 11) is 1.60. The minimum atomic E-state index is 0.0505. The molecule has 5 heteroatoms. The van der Waals surface area contributed by atoms with E-state index < -0.39 is 0 Å². The van der Waals surface area contributed by atoms with Crippen molar-refractivity contribution in [2.24, 2.45) is 0 Å². The third kappa shape index (κ3) is 5.84. The summed E-state index contributed by atoms with van der Waals surface area (Å²) >= 11 is 0. The van der Waals surface area contributed by atoms with Gasteiger partial charge in [0.25, 0.3) is 0 Å². The first-order chi connectivity index (χ1) is 10.1. The molecule has 0 aromatic heterocycles. The van der Waals surface area contributed by atoms with E-state index in [1.54, 1.807) is 25.3 Å². The molecule has 1 atom stereocenters. The van der Waals surface area contributed by atoms with Gasteiger partial charge in [0, 0.05) is 31.1 Å². The van der Waals surface area contributed by atoms with E-state index in [1.165, 1.54) is 0 Å². The molecule has 0 saturated heterocycles. The zero-order chi connectivity index (χ0) is 15.7. The zero-order valence-electron chi connectivity index (χ0n) is 12.9. The Balaban J connectivity index is 2.42. The van der Waals surface area contributed by atoms with Crippen LogP contribution in [0.5, 0.6) is 5.75 Å². The SMILES string of the molecule is CCC(C)NC(=O)CCNCc1cc(C#N)ccc1OC. The van der Waals surface area contributed by atoms with E-state index in [1.807, 2.05) is 13.8 Å². The molecular formula is C16H23N3O2. The standard InChI is InChI=1S/C16H23N3O2/c1-4-12(2)19-16(20)7-8-18-11-14-9-13(10-17)5-6-15(14)21-3/h5-6,9,12,18H,4,7-8,11H2,1-3H3,(H,19,20). The second-order valence-corrected chi connectivity index (χ2v) is 4.94. The van der Waals surface area contributed by atoms with Gasteiger partial charge in [-0.3, -0.25) is 4.79 Å². The Labute approximate surface area is 126 Å². The van der Waals surface area contributed by atoms with Gasteiger partial charge in [-0.2, -0.15) is 5.26 Å². The van der Waals surface area contributed by atoms with Crippen molar-refractivity contribution in [1.29, 1.82) is 5.26 Å². The predicted molar refractivity (Wildman–Crippen MR) is 81.9 cm³/mol. The topological polar surface area (TPSA) is 74.2 Å². The Morgan fingerprint density at radius 2 is 2.24 bits per heavy atom. The maximum atomic E-state index is 11.6. The Morgan fingerprint density at radius 3 is 2.86 bits per heavy atom. The lowest BCUT2D eigenvalue weighted by Gasteiger charge is -2.12. The second-order valence-electron chi connectivity index (χ2n) is 4.94. The first-order valence-electron chi connectivity index (χ1n) is 7.17. The average Bonchev–Trinajstić information content (AvgIpc) is 2.51. The molecule has 0 fully saturated rings. The second kappa shape index (κ2) is 8.98. The summed E-state index contributed by atoms with van der Waals surface area (Å²) in [5.74, 6) is 0.792. The lowest BCUT2D eigenvalue weighted by Crippen LogP contribution is -2.33. The molecule has 1 amide bonds. The predicted octanol–water partition coefficient (Wildman–Crippen LogP) is 1.96. The smallest absolute Gasteiger partial charge is 0.221 e. The number of ether oxygens (including phenoxy) is 1. The van der Waals surface area contributed by atoms with Crippen molar-refractivity contribution in [2.75, 3.05) is 13.7 Å². The lowest BCUT2D eigenvalue weighted by molar-refractivity contribution is -0.121. The molecule has 1 aromatic rings. The Kier molecular flexibility index (Phi) is 7.27. The van der Waals surface area contributed by atoms with E-state index in [0.717, 1.165) is 17.7 Å². The summed E-state index contributed by atoms with van der Waals surface area (Å²) in [4.78, 5) is 11.6. The monoisotopic (exact) mass is 289 g/mol. The molecule has 2 N–H and O–H groups in total.